The molecule has 0 bridgehead atoms. The molecule has 222 valence electrons. The number of esters is 1. The fourth-order valence-corrected chi connectivity index (χ4v) is 3.56. The van der Waals surface area contributed by atoms with Gasteiger partial charge in [-0.1, -0.05) is 26.7 Å². The number of hydrogen-bond acceptors (Lipinski definition) is 9. The Bertz CT molecular complexity index is 836. The number of imide groups is 1. The van der Waals surface area contributed by atoms with Crippen LogP contribution in [0.15, 0.2) is 0 Å². The maximum Gasteiger partial charge on any atom is 0.407 e. The van der Waals surface area contributed by atoms with E-state index in [-0.39, 0.29) is 44.1 Å². The average molecular weight is 556 g/mol. The van der Waals surface area contributed by atoms with Crippen molar-refractivity contribution in [3.05, 3.63) is 0 Å². The third-order valence-corrected chi connectivity index (χ3v) is 5.50. The minimum atomic E-state index is -0.774. The van der Waals surface area contributed by atoms with Crippen molar-refractivity contribution in [2.75, 3.05) is 13.2 Å². The highest BCUT2D eigenvalue weighted by molar-refractivity contribution is 6.01. The van der Waals surface area contributed by atoms with Crippen LogP contribution in [0.1, 0.15) is 105 Å². The molecule has 0 aromatic rings. The topological polar surface area (TPSA) is 157 Å². The van der Waals surface area contributed by atoms with E-state index in [4.69, 9.17) is 14.3 Å². The van der Waals surface area contributed by atoms with E-state index in [2.05, 4.69) is 10.6 Å². The van der Waals surface area contributed by atoms with Crippen LogP contribution in [-0.2, 0) is 38.3 Å². The fraction of sp³-hybridized carbons (Fsp3) is 0.778. The predicted molar refractivity (Wildman–Crippen MR) is 141 cm³/mol. The zero-order valence-electron chi connectivity index (χ0n) is 24.0. The van der Waals surface area contributed by atoms with Crippen LogP contribution >= 0.6 is 0 Å². The van der Waals surface area contributed by atoms with Crippen LogP contribution in [0.5, 0.6) is 0 Å². The number of rotatable bonds is 17. The minimum Gasteiger partial charge on any atom is -0.464 e. The van der Waals surface area contributed by atoms with Gasteiger partial charge in [0.05, 0.1) is 6.61 Å². The number of carbonyl (C=O) groups excluding carboxylic acids is 6. The highest BCUT2D eigenvalue weighted by Crippen LogP contribution is 2.14. The third-order valence-electron chi connectivity index (χ3n) is 5.50. The Hall–Kier alpha value is -3.18. The van der Waals surface area contributed by atoms with Gasteiger partial charge in [0, 0.05) is 32.2 Å². The van der Waals surface area contributed by atoms with Crippen molar-refractivity contribution < 1.29 is 43.1 Å². The van der Waals surface area contributed by atoms with E-state index in [9.17, 15) is 28.8 Å². The molecule has 39 heavy (non-hydrogen) atoms. The van der Waals surface area contributed by atoms with E-state index in [1.807, 2.05) is 13.8 Å². The van der Waals surface area contributed by atoms with Gasteiger partial charge in [0.25, 0.3) is 11.8 Å². The number of amides is 4. The number of nitrogens with one attached hydrogen (secondary N) is 2. The first-order chi connectivity index (χ1) is 18.3. The number of carbonyl (C=O) groups is 6. The van der Waals surface area contributed by atoms with Crippen molar-refractivity contribution in [3.8, 4) is 0 Å². The SMILES string of the molecule is CC(C)COC(=O)[C@H](CCCCNC(=O)OC(C)(C)C)NC(=O)CCCCCCC(=O)ON1C(=O)CCC1=O. The second kappa shape index (κ2) is 17.4. The van der Waals surface area contributed by atoms with Gasteiger partial charge in [0.1, 0.15) is 11.6 Å². The summed E-state index contributed by atoms with van der Waals surface area (Å²) in [5.74, 6) is -2.24. The summed E-state index contributed by atoms with van der Waals surface area (Å²) in [4.78, 5) is 76.3. The van der Waals surface area contributed by atoms with E-state index in [1.165, 1.54) is 0 Å². The van der Waals surface area contributed by atoms with Crippen molar-refractivity contribution >= 4 is 35.8 Å². The molecule has 0 aromatic carbocycles. The van der Waals surface area contributed by atoms with Gasteiger partial charge in [-0.2, -0.15) is 0 Å². The zero-order chi connectivity index (χ0) is 29.4. The molecule has 4 amide bonds. The van der Waals surface area contributed by atoms with Crippen molar-refractivity contribution in [1.82, 2.24) is 15.7 Å². The summed E-state index contributed by atoms with van der Waals surface area (Å²) in [5.41, 5.74) is -0.581. The molecule has 0 spiro atoms. The quantitative estimate of drug-likeness (QED) is 0.156. The Balaban J connectivity index is 2.32. The van der Waals surface area contributed by atoms with Gasteiger partial charge in [-0.3, -0.25) is 14.4 Å². The second-order valence-corrected chi connectivity index (χ2v) is 11.0. The first-order valence-corrected chi connectivity index (χ1v) is 13.8. The Morgan fingerprint density at radius 2 is 1.51 bits per heavy atom. The lowest BCUT2D eigenvalue weighted by atomic mass is 10.1. The molecule has 12 heteroatoms. The summed E-state index contributed by atoms with van der Waals surface area (Å²) in [7, 11) is 0. The van der Waals surface area contributed by atoms with Crippen LogP contribution in [0.25, 0.3) is 0 Å². The van der Waals surface area contributed by atoms with Crippen LogP contribution in [0.3, 0.4) is 0 Å². The van der Waals surface area contributed by atoms with E-state index in [1.54, 1.807) is 20.8 Å². The Labute approximate surface area is 230 Å². The normalized spacial score (nSPS) is 14.3. The molecule has 1 saturated heterocycles. The number of unbranched alkanes of at least 4 members (excludes halogenated alkanes) is 4. The molecule has 1 atom stereocenters. The van der Waals surface area contributed by atoms with Crippen LogP contribution in [0, 0.1) is 5.92 Å². The molecule has 0 radical (unpaired) electrons. The number of nitrogens with zero attached hydrogens (tertiary/aromatic N) is 1. The summed E-state index contributed by atoms with van der Waals surface area (Å²) < 4.78 is 10.5. The van der Waals surface area contributed by atoms with E-state index in [0.29, 0.717) is 56.6 Å². The third kappa shape index (κ3) is 15.7. The molecule has 1 rings (SSSR count). The molecule has 1 aliphatic heterocycles. The van der Waals surface area contributed by atoms with Gasteiger partial charge in [-0.25, -0.2) is 14.4 Å². The fourth-order valence-electron chi connectivity index (χ4n) is 3.56. The second-order valence-electron chi connectivity index (χ2n) is 11.0. The van der Waals surface area contributed by atoms with E-state index < -0.39 is 41.5 Å². The molecular formula is C27H45N3O9. The molecule has 0 aromatic heterocycles. The van der Waals surface area contributed by atoms with Gasteiger partial charge in [-0.15, -0.1) is 5.06 Å². The summed E-state index contributed by atoms with van der Waals surface area (Å²) in [6.45, 7) is 9.83. The zero-order valence-corrected chi connectivity index (χ0v) is 24.0. The monoisotopic (exact) mass is 555 g/mol. The highest BCUT2D eigenvalue weighted by Gasteiger charge is 2.32. The van der Waals surface area contributed by atoms with Crippen molar-refractivity contribution in [2.45, 2.75) is 117 Å². The largest absolute Gasteiger partial charge is 0.464 e. The first-order valence-electron chi connectivity index (χ1n) is 13.8. The van der Waals surface area contributed by atoms with E-state index in [0.717, 1.165) is 0 Å². The summed E-state index contributed by atoms with van der Waals surface area (Å²) in [5, 5.41) is 5.97. The van der Waals surface area contributed by atoms with E-state index >= 15 is 0 Å². The van der Waals surface area contributed by atoms with Crippen molar-refractivity contribution in [1.29, 1.82) is 0 Å². The summed E-state index contributed by atoms with van der Waals surface area (Å²) >= 11 is 0. The van der Waals surface area contributed by atoms with Crippen LogP contribution < -0.4 is 10.6 Å². The van der Waals surface area contributed by atoms with Gasteiger partial charge in [-0.05, 0) is 58.8 Å². The molecule has 1 fully saturated rings. The van der Waals surface area contributed by atoms with Crippen LogP contribution in [0.2, 0.25) is 0 Å². The van der Waals surface area contributed by atoms with Gasteiger partial charge in [0.15, 0.2) is 0 Å². The lowest BCUT2D eigenvalue weighted by Crippen LogP contribution is -2.42. The van der Waals surface area contributed by atoms with Crippen molar-refractivity contribution in [2.24, 2.45) is 5.92 Å². The molecule has 12 nitrogen and oxygen atoms in total. The highest BCUT2D eigenvalue weighted by atomic mass is 16.7. The average Bonchev–Trinajstić information content (AvgIpc) is 3.14. The maximum atomic E-state index is 12.5. The number of ether oxygens (including phenoxy) is 2. The van der Waals surface area contributed by atoms with Crippen LogP contribution in [-0.4, -0.2) is 65.6 Å². The molecular weight excluding hydrogens is 510 g/mol. The number of hydrogen-bond donors (Lipinski definition) is 2. The molecule has 2 N–H and O–H groups in total. The Morgan fingerprint density at radius 3 is 2.10 bits per heavy atom. The number of alkyl carbamates (subject to hydrolysis) is 1. The van der Waals surface area contributed by atoms with Crippen molar-refractivity contribution in [3.63, 3.8) is 0 Å². The van der Waals surface area contributed by atoms with Gasteiger partial charge in [0.2, 0.25) is 5.91 Å². The van der Waals surface area contributed by atoms with Gasteiger partial charge < -0.3 is 24.9 Å². The number of hydroxylamine groups is 2. The molecule has 1 aliphatic rings. The lowest BCUT2D eigenvalue weighted by Gasteiger charge is -2.20. The minimum absolute atomic E-state index is 0.0514. The maximum absolute atomic E-state index is 12.5. The smallest absolute Gasteiger partial charge is 0.407 e. The predicted octanol–water partition coefficient (Wildman–Crippen LogP) is 3.31. The molecule has 0 unspecified atom stereocenters. The Morgan fingerprint density at radius 1 is 0.897 bits per heavy atom. The van der Waals surface area contributed by atoms with Gasteiger partial charge >= 0.3 is 18.0 Å². The lowest BCUT2D eigenvalue weighted by molar-refractivity contribution is -0.197. The van der Waals surface area contributed by atoms with Crippen LogP contribution in [0.4, 0.5) is 4.79 Å². The molecule has 0 aliphatic carbocycles. The molecule has 0 saturated carbocycles. The summed E-state index contributed by atoms with van der Waals surface area (Å²) in [6, 6.07) is -0.774. The summed E-state index contributed by atoms with van der Waals surface area (Å²) in [6.07, 6.45) is 3.86. The Kier molecular flexibility index (Phi) is 15.1. The standard InChI is InChI=1S/C27H45N3O9/c1-19(2)18-37-25(35)20(12-10-11-17-28-26(36)38-27(3,4)5)29-21(31)13-8-6-7-9-14-24(34)39-30-22(32)15-16-23(30)33/h19-20H,6-18H2,1-5H3,(H,28,36)(H,29,31)/t20-/m0/s1. The molecule has 1 heterocycles. The first kappa shape index (κ1) is 33.8.